The van der Waals surface area contributed by atoms with Crippen molar-refractivity contribution in [3.05, 3.63) is 17.9 Å². The van der Waals surface area contributed by atoms with Gasteiger partial charge in [-0.3, -0.25) is 0 Å². The molecule has 6 heteroatoms. The Morgan fingerprint density at radius 3 is 2.50 bits per heavy atom. The van der Waals surface area contributed by atoms with E-state index in [1.54, 1.807) is 16.4 Å². The Morgan fingerprint density at radius 2 is 1.85 bits per heavy atom. The molecule has 1 aromatic heterocycles. The van der Waals surface area contributed by atoms with E-state index in [1.165, 1.54) is 12.8 Å². The third-order valence-corrected chi connectivity index (χ3v) is 5.71. The monoisotopic (exact) mass is 298 g/mol. The molecule has 0 amide bonds. The Balaban J connectivity index is 1.69. The minimum atomic E-state index is -3.45. The maximum atomic E-state index is 12.5. The standard InChI is InChI=1S/C14H22N2O3S/c17-20(18,16-9-3-1-2-4-10-16)14-8-7-13(19-14)11-15-12-5-6-12/h7-8,12,15H,1-6,9-11H2. The second kappa shape index (κ2) is 5.87. The van der Waals surface area contributed by atoms with Gasteiger partial charge in [0, 0.05) is 19.1 Å². The Hall–Kier alpha value is -0.850. The predicted molar refractivity (Wildman–Crippen MR) is 75.8 cm³/mol. The summed E-state index contributed by atoms with van der Waals surface area (Å²) in [5.74, 6) is 0.699. The molecule has 0 spiro atoms. The van der Waals surface area contributed by atoms with Gasteiger partial charge >= 0.3 is 0 Å². The highest BCUT2D eigenvalue weighted by Gasteiger charge is 2.28. The van der Waals surface area contributed by atoms with Crippen LogP contribution in [0.15, 0.2) is 21.6 Å². The fraction of sp³-hybridized carbons (Fsp3) is 0.714. The Morgan fingerprint density at radius 1 is 1.15 bits per heavy atom. The summed E-state index contributed by atoms with van der Waals surface area (Å²) in [5.41, 5.74) is 0. The van der Waals surface area contributed by atoms with Crippen molar-refractivity contribution in [2.45, 2.75) is 56.2 Å². The maximum absolute atomic E-state index is 12.5. The van der Waals surface area contributed by atoms with Crippen molar-refractivity contribution in [1.29, 1.82) is 0 Å². The largest absolute Gasteiger partial charge is 0.447 e. The molecule has 2 aliphatic rings. The van der Waals surface area contributed by atoms with Gasteiger partial charge in [0.1, 0.15) is 5.76 Å². The first kappa shape index (κ1) is 14.1. The highest BCUT2D eigenvalue weighted by atomic mass is 32.2. The maximum Gasteiger partial charge on any atom is 0.276 e. The second-order valence-electron chi connectivity index (χ2n) is 5.69. The highest BCUT2D eigenvalue weighted by Crippen LogP contribution is 2.23. The summed E-state index contributed by atoms with van der Waals surface area (Å²) < 4.78 is 32.1. The first-order valence-corrected chi connectivity index (χ1v) is 8.92. The van der Waals surface area contributed by atoms with Crippen LogP contribution >= 0.6 is 0 Å². The van der Waals surface area contributed by atoms with Crippen molar-refractivity contribution in [2.24, 2.45) is 0 Å². The van der Waals surface area contributed by atoms with Crippen LogP contribution in [-0.2, 0) is 16.6 Å². The van der Waals surface area contributed by atoms with E-state index >= 15 is 0 Å². The van der Waals surface area contributed by atoms with Crippen LogP contribution < -0.4 is 5.32 Å². The van der Waals surface area contributed by atoms with E-state index in [2.05, 4.69) is 5.32 Å². The van der Waals surface area contributed by atoms with Crippen LogP contribution in [0.2, 0.25) is 0 Å². The number of hydrogen-bond acceptors (Lipinski definition) is 4. The fourth-order valence-electron chi connectivity index (χ4n) is 2.53. The van der Waals surface area contributed by atoms with Gasteiger partial charge in [-0.05, 0) is 37.8 Å². The van der Waals surface area contributed by atoms with Crippen molar-refractivity contribution in [1.82, 2.24) is 9.62 Å². The Kier molecular flexibility index (Phi) is 4.14. The molecular weight excluding hydrogens is 276 g/mol. The molecule has 5 nitrogen and oxygen atoms in total. The fourth-order valence-corrected chi connectivity index (χ4v) is 3.98. The van der Waals surface area contributed by atoms with E-state index in [-0.39, 0.29) is 5.09 Å². The average molecular weight is 298 g/mol. The number of nitrogens with one attached hydrogen (secondary N) is 1. The van der Waals surface area contributed by atoms with Gasteiger partial charge < -0.3 is 9.73 Å². The van der Waals surface area contributed by atoms with Gasteiger partial charge in [0.15, 0.2) is 0 Å². The highest BCUT2D eigenvalue weighted by molar-refractivity contribution is 7.89. The van der Waals surface area contributed by atoms with Crippen molar-refractivity contribution < 1.29 is 12.8 Å². The molecule has 0 aromatic carbocycles. The lowest BCUT2D eigenvalue weighted by Crippen LogP contribution is -2.31. The molecule has 1 aliphatic carbocycles. The van der Waals surface area contributed by atoms with Crippen molar-refractivity contribution in [2.75, 3.05) is 13.1 Å². The van der Waals surface area contributed by atoms with E-state index in [0.29, 0.717) is 31.4 Å². The van der Waals surface area contributed by atoms with E-state index in [0.717, 1.165) is 25.7 Å². The zero-order chi connectivity index (χ0) is 14.0. The summed E-state index contributed by atoms with van der Waals surface area (Å²) in [6.45, 7) is 1.83. The zero-order valence-corrected chi connectivity index (χ0v) is 12.5. The molecule has 0 bridgehead atoms. The summed E-state index contributed by atoms with van der Waals surface area (Å²) in [5, 5.41) is 3.41. The van der Waals surface area contributed by atoms with Crippen LogP contribution in [0, 0.1) is 0 Å². The van der Waals surface area contributed by atoms with Crippen LogP contribution in [-0.4, -0.2) is 31.9 Å². The minimum Gasteiger partial charge on any atom is -0.447 e. The van der Waals surface area contributed by atoms with Crippen molar-refractivity contribution in [3.8, 4) is 0 Å². The molecule has 0 atom stereocenters. The first-order chi connectivity index (χ1) is 9.66. The molecule has 1 N–H and O–H groups in total. The number of nitrogens with zero attached hydrogens (tertiary/aromatic N) is 1. The van der Waals surface area contributed by atoms with E-state index in [4.69, 9.17) is 4.42 Å². The summed E-state index contributed by atoms with van der Waals surface area (Å²) in [4.78, 5) is 0. The molecule has 0 radical (unpaired) electrons. The molecule has 1 saturated heterocycles. The topological polar surface area (TPSA) is 62.6 Å². The van der Waals surface area contributed by atoms with Crippen LogP contribution in [0.5, 0.6) is 0 Å². The Bertz CT molecular complexity index is 541. The first-order valence-electron chi connectivity index (χ1n) is 7.48. The van der Waals surface area contributed by atoms with Gasteiger partial charge in [0.2, 0.25) is 5.09 Å². The van der Waals surface area contributed by atoms with Gasteiger partial charge in [0.25, 0.3) is 10.0 Å². The molecular formula is C14H22N2O3S. The lowest BCUT2D eigenvalue weighted by molar-refractivity contribution is 0.366. The molecule has 112 valence electrons. The number of sulfonamides is 1. The summed E-state index contributed by atoms with van der Waals surface area (Å²) in [6.07, 6.45) is 6.52. The lowest BCUT2D eigenvalue weighted by atomic mass is 10.2. The quantitative estimate of drug-likeness (QED) is 0.904. The number of furan rings is 1. The van der Waals surface area contributed by atoms with Gasteiger partial charge in [-0.1, -0.05) is 12.8 Å². The normalized spacial score (nSPS) is 21.8. The van der Waals surface area contributed by atoms with Crippen LogP contribution in [0.1, 0.15) is 44.3 Å². The van der Waals surface area contributed by atoms with Gasteiger partial charge in [-0.2, -0.15) is 4.31 Å². The molecule has 1 saturated carbocycles. The van der Waals surface area contributed by atoms with Gasteiger partial charge in [-0.25, -0.2) is 8.42 Å². The molecule has 20 heavy (non-hydrogen) atoms. The van der Waals surface area contributed by atoms with Crippen molar-refractivity contribution >= 4 is 10.0 Å². The predicted octanol–water partition coefficient (Wildman–Crippen LogP) is 2.10. The van der Waals surface area contributed by atoms with Crippen LogP contribution in [0.3, 0.4) is 0 Å². The van der Waals surface area contributed by atoms with E-state index in [1.807, 2.05) is 0 Å². The molecule has 2 fully saturated rings. The van der Waals surface area contributed by atoms with Gasteiger partial charge in [0.05, 0.1) is 6.54 Å². The second-order valence-corrected chi connectivity index (χ2v) is 7.56. The summed E-state index contributed by atoms with van der Waals surface area (Å²) >= 11 is 0. The molecule has 0 unspecified atom stereocenters. The number of rotatable bonds is 5. The molecule has 2 heterocycles. The lowest BCUT2D eigenvalue weighted by Gasteiger charge is -2.17. The smallest absolute Gasteiger partial charge is 0.276 e. The van der Waals surface area contributed by atoms with Crippen LogP contribution in [0.4, 0.5) is 0 Å². The van der Waals surface area contributed by atoms with E-state index in [9.17, 15) is 8.42 Å². The number of hydrogen-bond donors (Lipinski definition) is 1. The van der Waals surface area contributed by atoms with E-state index < -0.39 is 10.0 Å². The zero-order valence-electron chi connectivity index (χ0n) is 11.7. The minimum absolute atomic E-state index is 0.0898. The van der Waals surface area contributed by atoms with Gasteiger partial charge in [-0.15, -0.1) is 0 Å². The third kappa shape index (κ3) is 3.24. The van der Waals surface area contributed by atoms with Crippen molar-refractivity contribution in [3.63, 3.8) is 0 Å². The average Bonchev–Trinajstić information content (AvgIpc) is 3.19. The molecule has 1 aromatic rings. The van der Waals surface area contributed by atoms with Crippen LogP contribution in [0.25, 0.3) is 0 Å². The Labute approximate surface area is 120 Å². The summed E-state index contributed by atoms with van der Waals surface area (Å²) in [7, 11) is -3.45. The SMILES string of the molecule is O=S(=O)(c1ccc(CNC2CC2)o1)N1CCCCCC1. The molecule has 1 aliphatic heterocycles. The molecule has 3 rings (SSSR count). The third-order valence-electron chi connectivity index (χ3n) is 3.94. The summed E-state index contributed by atoms with van der Waals surface area (Å²) in [6, 6.07) is 3.94.